The molecule has 0 atom stereocenters. The Morgan fingerprint density at radius 3 is 2.15 bits per heavy atom. The Morgan fingerprint density at radius 1 is 0.811 bits per heavy atom. The van der Waals surface area contributed by atoms with Gasteiger partial charge in [0.15, 0.2) is 11.5 Å². The Hall–Kier alpha value is -5.73. The number of hydrogen-bond donors (Lipinski definition) is 3. The van der Waals surface area contributed by atoms with Gasteiger partial charge in [0.1, 0.15) is 11.5 Å². The van der Waals surface area contributed by atoms with Gasteiger partial charge in [-0.3, -0.25) is 14.6 Å². The summed E-state index contributed by atoms with van der Waals surface area (Å²) in [6, 6.07) is 14.6. The van der Waals surface area contributed by atoms with Gasteiger partial charge in [-0.15, -0.1) is 0 Å². The third-order valence-corrected chi connectivity index (χ3v) is 9.58. The number of carbonyl (C=O) groups is 3. The summed E-state index contributed by atoms with van der Waals surface area (Å²) in [5.74, 6) is 1.63. The van der Waals surface area contributed by atoms with Gasteiger partial charge in [-0.1, -0.05) is 6.07 Å². The van der Waals surface area contributed by atoms with Gasteiger partial charge in [0.25, 0.3) is 0 Å². The summed E-state index contributed by atoms with van der Waals surface area (Å²) in [5, 5.41) is 8.89. The lowest BCUT2D eigenvalue weighted by Crippen LogP contribution is -2.48. The van der Waals surface area contributed by atoms with Gasteiger partial charge in [-0.2, -0.15) is 13.2 Å². The molecular weight excluding hydrogens is 693 g/mol. The second kappa shape index (κ2) is 15.9. The van der Waals surface area contributed by atoms with Crippen LogP contribution in [0.5, 0.6) is 23.0 Å². The topological polar surface area (TPSA) is 134 Å². The lowest BCUT2D eigenvalue weighted by atomic mass is 9.94. The smallest absolute Gasteiger partial charge is 0.418 e. The molecule has 0 unspecified atom stereocenters. The van der Waals surface area contributed by atoms with E-state index >= 15 is 0 Å². The summed E-state index contributed by atoms with van der Waals surface area (Å²) < 4.78 is 59.9. The van der Waals surface area contributed by atoms with E-state index in [9.17, 15) is 27.6 Å². The number of nitrogens with zero attached hydrogens (tertiary/aromatic N) is 3. The Bertz CT molecular complexity index is 1980. The predicted octanol–water partition coefficient (Wildman–Crippen LogP) is 7.05. The number of likely N-dealkylation sites (tertiary alicyclic amines) is 1. The number of pyridine rings is 1. The highest BCUT2D eigenvalue weighted by Crippen LogP contribution is 2.40. The maximum absolute atomic E-state index is 14.3. The van der Waals surface area contributed by atoms with Crippen LogP contribution < -0.4 is 35.1 Å². The van der Waals surface area contributed by atoms with Crippen molar-refractivity contribution in [2.45, 2.75) is 44.8 Å². The molecule has 280 valence electrons. The minimum atomic E-state index is -4.68. The van der Waals surface area contributed by atoms with E-state index in [2.05, 4.69) is 20.9 Å². The molecule has 3 aromatic carbocycles. The molecule has 0 radical (unpaired) electrons. The minimum Gasteiger partial charge on any atom is -0.493 e. The van der Waals surface area contributed by atoms with E-state index < -0.39 is 17.8 Å². The highest BCUT2D eigenvalue weighted by atomic mass is 19.4. The summed E-state index contributed by atoms with van der Waals surface area (Å²) >= 11 is 0. The van der Waals surface area contributed by atoms with E-state index in [1.807, 2.05) is 0 Å². The molecule has 2 fully saturated rings. The number of piperidine rings is 2. The average Bonchev–Trinajstić information content (AvgIpc) is 3.14. The zero-order valence-corrected chi connectivity index (χ0v) is 29.6. The lowest BCUT2D eigenvalue weighted by Gasteiger charge is -2.36. The Labute approximate surface area is 304 Å². The van der Waals surface area contributed by atoms with Crippen molar-refractivity contribution in [3.05, 3.63) is 72.4 Å². The molecule has 2 saturated heterocycles. The fourth-order valence-electron chi connectivity index (χ4n) is 6.75. The first kappa shape index (κ1) is 37.0. The van der Waals surface area contributed by atoms with Gasteiger partial charge in [-0.05, 0) is 68.1 Å². The van der Waals surface area contributed by atoms with E-state index in [4.69, 9.17) is 14.2 Å². The number of nitrogens with one attached hydrogen (secondary N) is 3. The highest BCUT2D eigenvalue weighted by Gasteiger charge is 2.36. The number of fused-ring (bicyclic) bond motifs is 1. The van der Waals surface area contributed by atoms with Crippen LogP contribution in [0.15, 0.2) is 66.9 Å². The number of aromatic nitrogens is 1. The second-order valence-corrected chi connectivity index (χ2v) is 13.0. The monoisotopic (exact) mass is 734 g/mol. The molecule has 12 nitrogen and oxygen atoms in total. The van der Waals surface area contributed by atoms with Crippen LogP contribution in [0.4, 0.5) is 35.0 Å². The van der Waals surface area contributed by atoms with E-state index in [1.165, 1.54) is 33.3 Å². The van der Waals surface area contributed by atoms with Crippen LogP contribution in [0.3, 0.4) is 0 Å². The van der Waals surface area contributed by atoms with Crippen LogP contribution in [-0.2, 0) is 15.8 Å². The summed E-state index contributed by atoms with van der Waals surface area (Å²) in [6.45, 7) is 3.23. The fraction of sp³-hybridized carbons (Fsp3) is 0.368. The van der Waals surface area contributed by atoms with Crippen molar-refractivity contribution >= 4 is 45.8 Å². The van der Waals surface area contributed by atoms with Crippen molar-refractivity contribution in [3.8, 4) is 23.0 Å². The molecule has 4 amide bonds. The van der Waals surface area contributed by atoms with Crippen LogP contribution in [0.2, 0.25) is 0 Å². The molecule has 1 aromatic heterocycles. The number of benzene rings is 3. The van der Waals surface area contributed by atoms with E-state index in [0.717, 1.165) is 6.07 Å². The first-order valence-corrected chi connectivity index (χ1v) is 17.3. The van der Waals surface area contributed by atoms with Crippen molar-refractivity contribution in [2.24, 2.45) is 5.92 Å². The molecule has 0 saturated carbocycles. The van der Waals surface area contributed by atoms with Crippen molar-refractivity contribution < 1.29 is 41.8 Å². The molecule has 3 heterocycles. The summed E-state index contributed by atoms with van der Waals surface area (Å²) in [4.78, 5) is 45.2. The molecule has 0 bridgehead atoms. The Balaban J connectivity index is 1.07. The molecule has 2 aliphatic rings. The number of alkyl halides is 3. The van der Waals surface area contributed by atoms with E-state index in [1.54, 1.807) is 58.5 Å². The minimum absolute atomic E-state index is 0.00474. The number of halogens is 3. The zero-order valence-electron chi connectivity index (χ0n) is 29.6. The molecule has 0 spiro atoms. The van der Waals surface area contributed by atoms with Crippen molar-refractivity contribution in [3.63, 3.8) is 0 Å². The maximum atomic E-state index is 14.3. The third-order valence-electron chi connectivity index (χ3n) is 9.58. The number of hydrogen-bond acceptors (Lipinski definition) is 8. The number of rotatable bonds is 9. The predicted molar refractivity (Wildman–Crippen MR) is 194 cm³/mol. The van der Waals surface area contributed by atoms with E-state index in [-0.39, 0.29) is 35.1 Å². The normalized spacial score (nSPS) is 15.5. The van der Waals surface area contributed by atoms with Crippen molar-refractivity contribution in [1.82, 2.24) is 15.2 Å². The van der Waals surface area contributed by atoms with Gasteiger partial charge in [0.05, 0.1) is 25.3 Å². The summed E-state index contributed by atoms with van der Waals surface area (Å²) in [7, 11) is 3.06. The highest BCUT2D eigenvalue weighted by molar-refractivity contribution is 6.00. The van der Waals surface area contributed by atoms with Gasteiger partial charge in [-0.25, -0.2) is 4.79 Å². The van der Waals surface area contributed by atoms with Gasteiger partial charge in [0.2, 0.25) is 11.8 Å². The number of amides is 4. The summed E-state index contributed by atoms with van der Waals surface area (Å²) in [5.41, 5.74) is 0.0721. The molecule has 15 heteroatoms. The molecule has 53 heavy (non-hydrogen) atoms. The largest absolute Gasteiger partial charge is 0.493 e. The number of ether oxygens (including phenoxy) is 3. The van der Waals surface area contributed by atoms with Crippen LogP contribution in [0, 0.1) is 5.92 Å². The van der Waals surface area contributed by atoms with Gasteiger partial charge in [0, 0.05) is 85.8 Å². The standard InChI is InChI=1S/C38H41F3N6O6/c1-23(48)46-15-10-24(11-16-46)36(49)43-25-12-17-47(18-13-25)32-8-7-27(20-30(32)38(39,40)41)45-37(50)44-26-5-4-6-28(19-26)53-33-9-14-42-31-22-35(52-3)34(51-2)21-29(31)33/h4-9,14,19-22,24-25H,10-13,15-18H2,1-3H3,(H,43,49)(H2,44,45,50). The van der Waals surface area contributed by atoms with Gasteiger partial charge >= 0.3 is 12.2 Å². The first-order chi connectivity index (χ1) is 25.4. The van der Waals surface area contributed by atoms with Crippen molar-refractivity contribution in [1.29, 1.82) is 0 Å². The number of urea groups is 1. The van der Waals surface area contributed by atoms with Gasteiger partial charge < -0.3 is 40.0 Å². The van der Waals surface area contributed by atoms with Crippen LogP contribution in [0.25, 0.3) is 10.9 Å². The number of carbonyl (C=O) groups excluding carboxylic acids is 3. The maximum Gasteiger partial charge on any atom is 0.418 e. The molecule has 0 aliphatic carbocycles. The van der Waals surface area contributed by atoms with E-state index in [0.29, 0.717) is 91.5 Å². The first-order valence-electron chi connectivity index (χ1n) is 17.3. The average molecular weight is 735 g/mol. The fourth-order valence-corrected chi connectivity index (χ4v) is 6.75. The molecular formula is C38H41F3N6O6. The third kappa shape index (κ3) is 8.84. The molecule has 2 aliphatic heterocycles. The zero-order chi connectivity index (χ0) is 37.7. The van der Waals surface area contributed by atoms with Crippen LogP contribution >= 0.6 is 0 Å². The van der Waals surface area contributed by atoms with Crippen LogP contribution in [0.1, 0.15) is 38.2 Å². The number of anilines is 3. The Morgan fingerprint density at radius 2 is 1.49 bits per heavy atom. The lowest BCUT2D eigenvalue weighted by molar-refractivity contribution is -0.137. The Kier molecular flexibility index (Phi) is 11.1. The second-order valence-electron chi connectivity index (χ2n) is 13.0. The molecule has 4 aromatic rings. The quantitative estimate of drug-likeness (QED) is 0.167. The molecule has 3 N–H and O–H groups in total. The SMILES string of the molecule is COc1cc2nccc(Oc3cccc(NC(=O)Nc4ccc(N5CCC(NC(=O)C6CCN(C(C)=O)CC6)CC5)c(C(F)(F)F)c4)c3)c2cc1OC. The molecule has 6 rings (SSSR count). The van der Waals surface area contributed by atoms with Crippen molar-refractivity contribution in [2.75, 3.05) is 55.9 Å². The summed E-state index contributed by atoms with van der Waals surface area (Å²) in [6.07, 6.45) is -0.931. The number of methoxy groups -OCH3 is 2. The van der Waals surface area contributed by atoms with Crippen LogP contribution in [-0.4, -0.2) is 74.2 Å².